The summed E-state index contributed by atoms with van der Waals surface area (Å²) in [6.45, 7) is 3.88. The van der Waals surface area contributed by atoms with Gasteiger partial charge < -0.3 is 9.64 Å². The largest absolute Gasteiger partial charge is 0.456 e. The fourth-order valence-electron chi connectivity index (χ4n) is 3.23. The van der Waals surface area contributed by atoms with Gasteiger partial charge in [-0.1, -0.05) is 12.1 Å². The van der Waals surface area contributed by atoms with Crippen LogP contribution in [0, 0.1) is 25.2 Å². The molecule has 3 rings (SSSR count). The molecule has 150 valence electrons. The molecule has 2 aromatic heterocycles. The summed E-state index contributed by atoms with van der Waals surface area (Å²) in [6.07, 6.45) is 0.839. The Morgan fingerprint density at radius 3 is 2.79 bits per heavy atom. The van der Waals surface area contributed by atoms with Gasteiger partial charge >= 0.3 is 5.97 Å². The Labute approximate surface area is 168 Å². The quantitative estimate of drug-likeness (QED) is 0.571. The minimum Gasteiger partial charge on any atom is -0.456 e. The SMILES string of the molecule is Cc1nc2c3ccccc3nn2c(C)c1CCC(=O)OCC(=O)N(C)CCC#N. The number of nitrogens with zero attached hydrogens (tertiary/aromatic N) is 5. The van der Waals surface area contributed by atoms with Crippen LogP contribution in [0.1, 0.15) is 29.8 Å². The molecule has 0 aliphatic heterocycles. The normalized spacial score (nSPS) is 10.8. The third kappa shape index (κ3) is 4.35. The van der Waals surface area contributed by atoms with E-state index in [1.807, 2.05) is 48.7 Å². The van der Waals surface area contributed by atoms with Crippen molar-refractivity contribution >= 4 is 28.4 Å². The fraction of sp³-hybridized carbons (Fsp3) is 0.381. The molecule has 0 saturated heterocycles. The van der Waals surface area contributed by atoms with Crippen molar-refractivity contribution < 1.29 is 14.3 Å². The lowest BCUT2D eigenvalue weighted by Crippen LogP contribution is -2.32. The van der Waals surface area contributed by atoms with Crippen LogP contribution in [0.5, 0.6) is 0 Å². The molecule has 0 aliphatic carbocycles. The number of aryl methyl sites for hydroxylation is 2. The maximum Gasteiger partial charge on any atom is 0.306 e. The van der Waals surface area contributed by atoms with Gasteiger partial charge in [-0.25, -0.2) is 9.50 Å². The number of carbonyl (C=O) groups is 2. The average molecular weight is 393 g/mol. The first-order valence-corrected chi connectivity index (χ1v) is 9.42. The number of amides is 1. The second-order valence-corrected chi connectivity index (χ2v) is 6.90. The van der Waals surface area contributed by atoms with Gasteiger partial charge in [-0.3, -0.25) is 9.59 Å². The molecule has 0 fully saturated rings. The molecule has 0 N–H and O–H groups in total. The number of aromatic nitrogens is 3. The summed E-state index contributed by atoms with van der Waals surface area (Å²) < 4.78 is 6.90. The predicted octanol–water partition coefficient (Wildman–Crippen LogP) is 2.35. The van der Waals surface area contributed by atoms with E-state index in [-0.39, 0.29) is 25.4 Å². The minimum absolute atomic E-state index is 0.144. The number of hydrogen-bond acceptors (Lipinski definition) is 6. The Morgan fingerprint density at radius 2 is 2.03 bits per heavy atom. The van der Waals surface area contributed by atoms with E-state index in [0.717, 1.165) is 33.5 Å². The highest BCUT2D eigenvalue weighted by molar-refractivity contribution is 5.92. The summed E-state index contributed by atoms with van der Waals surface area (Å²) in [5, 5.41) is 14.2. The van der Waals surface area contributed by atoms with Gasteiger partial charge in [-0.05, 0) is 38.0 Å². The van der Waals surface area contributed by atoms with Crippen molar-refractivity contribution in [1.82, 2.24) is 19.5 Å². The lowest BCUT2D eigenvalue weighted by atomic mass is 10.1. The Bertz CT molecular complexity index is 1110. The number of benzene rings is 1. The van der Waals surface area contributed by atoms with Crippen LogP contribution in [0.3, 0.4) is 0 Å². The van der Waals surface area contributed by atoms with Crippen molar-refractivity contribution in [3.05, 3.63) is 41.2 Å². The predicted molar refractivity (Wildman–Crippen MR) is 107 cm³/mol. The standard InChI is InChI=1S/C21H23N5O3/c1-14-16(9-10-20(28)29-13-19(27)25(3)12-6-11-22)15(2)26-21(23-14)17-7-4-5-8-18(17)24-26/h4-5,7-8H,6,9-10,12-13H2,1-3H3. The Kier molecular flexibility index (Phi) is 6.07. The topological polar surface area (TPSA) is 101 Å². The van der Waals surface area contributed by atoms with Crippen LogP contribution in [0.2, 0.25) is 0 Å². The van der Waals surface area contributed by atoms with Crippen LogP contribution in [0.4, 0.5) is 0 Å². The van der Waals surface area contributed by atoms with E-state index >= 15 is 0 Å². The first-order valence-electron chi connectivity index (χ1n) is 9.42. The Balaban J connectivity index is 1.66. The number of fused-ring (bicyclic) bond motifs is 3. The maximum atomic E-state index is 12.1. The second kappa shape index (κ2) is 8.69. The third-order valence-corrected chi connectivity index (χ3v) is 4.94. The summed E-state index contributed by atoms with van der Waals surface area (Å²) in [5.41, 5.74) is 4.40. The molecule has 0 aliphatic rings. The highest BCUT2D eigenvalue weighted by Gasteiger charge is 2.16. The van der Waals surface area contributed by atoms with E-state index in [2.05, 4.69) is 10.1 Å². The van der Waals surface area contributed by atoms with E-state index in [4.69, 9.17) is 10.00 Å². The number of hydrogen-bond donors (Lipinski definition) is 0. The van der Waals surface area contributed by atoms with Gasteiger partial charge in [0, 0.05) is 36.8 Å². The lowest BCUT2D eigenvalue weighted by molar-refractivity contribution is -0.151. The summed E-state index contributed by atoms with van der Waals surface area (Å²) >= 11 is 0. The second-order valence-electron chi connectivity index (χ2n) is 6.90. The number of ether oxygens (including phenoxy) is 1. The first-order chi connectivity index (χ1) is 13.9. The molecule has 0 radical (unpaired) electrons. The van der Waals surface area contributed by atoms with Crippen molar-refractivity contribution in [3.8, 4) is 6.07 Å². The van der Waals surface area contributed by atoms with Gasteiger partial charge in [0.1, 0.15) is 0 Å². The Hall–Kier alpha value is -3.47. The summed E-state index contributed by atoms with van der Waals surface area (Å²) in [7, 11) is 1.58. The molecule has 2 heterocycles. The number of rotatable bonds is 7. The Morgan fingerprint density at radius 1 is 1.28 bits per heavy atom. The molecule has 0 unspecified atom stereocenters. The van der Waals surface area contributed by atoms with Gasteiger partial charge in [0.2, 0.25) is 0 Å². The smallest absolute Gasteiger partial charge is 0.306 e. The summed E-state index contributed by atoms with van der Waals surface area (Å²) in [6, 6.07) is 9.81. The van der Waals surface area contributed by atoms with Crippen LogP contribution in [-0.2, 0) is 20.7 Å². The van der Waals surface area contributed by atoms with E-state index in [9.17, 15) is 9.59 Å². The van der Waals surface area contributed by atoms with Crippen LogP contribution in [-0.4, -0.2) is 51.6 Å². The molecule has 8 heteroatoms. The fourth-order valence-corrected chi connectivity index (χ4v) is 3.23. The molecule has 1 amide bonds. The van der Waals surface area contributed by atoms with Crippen LogP contribution < -0.4 is 0 Å². The van der Waals surface area contributed by atoms with E-state index in [1.54, 1.807) is 7.05 Å². The molecule has 0 spiro atoms. The molecule has 29 heavy (non-hydrogen) atoms. The number of carbonyl (C=O) groups excluding carboxylic acids is 2. The van der Waals surface area contributed by atoms with Crippen LogP contribution >= 0.6 is 0 Å². The molecule has 0 atom stereocenters. The number of nitriles is 1. The zero-order valence-electron chi connectivity index (χ0n) is 16.8. The van der Waals surface area contributed by atoms with E-state index in [1.165, 1.54) is 4.90 Å². The molecular formula is C21H23N5O3. The molecule has 0 saturated carbocycles. The first kappa shape index (κ1) is 20.3. The van der Waals surface area contributed by atoms with Crippen molar-refractivity contribution in [1.29, 1.82) is 5.26 Å². The molecule has 8 nitrogen and oxygen atoms in total. The van der Waals surface area contributed by atoms with Crippen molar-refractivity contribution in [2.24, 2.45) is 0 Å². The highest BCUT2D eigenvalue weighted by Crippen LogP contribution is 2.22. The minimum atomic E-state index is -0.448. The number of likely N-dealkylation sites (N-methyl/N-ethyl adjacent to an activating group) is 1. The van der Waals surface area contributed by atoms with Gasteiger partial charge in [-0.2, -0.15) is 10.4 Å². The highest BCUT2D eigenvalue weighted by atomic mass is 16.5. The van der Waals surface area contributed by atoms with Crippen molar-refractivity contribution in [2.75, 3.05) is 20.2 Å². The third-order valence-electron chi connectivity index (χ3n) is 4.94. The molecule has 0 bridgehead atoms. The van der Waals surface area contributed by atoms with Crippen molar-refractivity contribution in [2.45, 2.75) is 33.1 Å². The molecule has 3 aromatic rings. The van der Waals surface area contributed by atoms with E-state index in [0.29, 0.717) is 13.0 Å². The van der Waals surface area contributed by atoms with E-state index < -0.39 is 5.97 Å². The van der Waals surface area contributed by atoms with Crippen molar-refractivity contribution in [3.63, 3.8) is 0 Å². The number of esters is 1. The zero-order chi connectivity index (χ0) is 21.0. The maximum absolute atomic E-state index is 12.1. The summed E-state index contributed by atoms with van der Waals surface area (Å²) in [5.74, 6) is -0.774. The summed E-state index contributed by atoms with van der Waals surface area (Å²) in [4.78, 5) is 30.1. The van der Waals surface area contributed by atoms with Crippen LogP contribution in [0.25, 0.3) is 16.6 Å². The monoisotopic (exact) mass is 393 g/mol. The zero-order valence-corrected chi connectivity index (χ0v) is 16.8. The average Bonchev–Trinajstić information content (AvgIpc) is 3.08. The van der Waals surface area contributed by atoms with Gasteiger partial charge in [0.25, 0.3) is 5.91 Å². The lowest BCUT2D eigenvalue weighted by Gasteiger charge is -2.15. The molecular weight excluding hydrogens is 370 g/mol. The molecule has 1 aromatic carbocycles. The van der Waals surface area contributed by atoms with Gasteiger partial charge in [0.05, 0.1) is 18.0 Å². The van der Waals surface area contributed by atoms with Gasteiger partial charge in [0.15, 0.2) is 12.3 Å². The van der Waals surface area contributed by atoms with Crippen LogP contribution in [0.15, 0.2) is 24.3 Å². The van der Waals surface area contributed by atoms with Gasteiger partial charge in [-0.15, -0.1) is 0 Å².